The summed E-state index contributed by atoms with van der Waals surface area (Å²) >= 11 is 5.90. The van der Waals surface area contributed by atoms with Crippen LogP contribution in [0.3, 0.4) is 0 Å². The maximum Gasteiger partial charge on any atom is 0.315 e. The fourth-order valence-corrected chi connectivity index (χ4v) is 4.82. The summed E-state index contributed by atoms with van der Waals surface area (Å²) in [5, 5.41) is 6.39. The quantitative estimate of drug-likeness (QED) is 0.398. The normalized spacial score (nSPS) is 24.5. The Hall–Kier alpha value is -3.03. The molecule has 2 aliphatic heterocycles. The average molecular weight is 531 g/mol. The Bertz CT molecular complexity index is 1250. The third-order valence-corrected chi connectivity index (χ3v) is 6.68. The van der Waals surface area contributed by atoms with Gasteiger partial charge in [-0.25, -0.2) is 19.7 Å². The van der Waals surface area contributed by atoms with Crippen molar-refractivity contribution in [3.63, 3.8) is 0 Å². The summed E-state index contributed by atoms with van der Waals surface area (Å²) in [6.07, 6.45) is 1.67. The molecule has 3 aromatic rings. The molecule has 1 aromatic carbocycles. The van der Waals surface area contributed by atoms with Crippen LogP contribution < -0.4 is 16.4 Å². The number of hydrogen-bond donors (Lipinski definition) is 3. The number of imidazole rings is 1. The van der Waals surface area contributed by atoms with E-state index >= 15 is 0 Å². The average Bonchev–Trinajstić information content (AvgIpc) is 3.51. The molecule has 12 nitrogen and oxygen atoms in total. The number of rotatable bonds is 8. The first kappa shape index (κ1) is 25.6. The fourth-order valence-electron chi connectivity index (χ4n) is 4.69. The van der Waals surface area contributed by atoms with Crippen molar-refractivity contribution in [2.45, 2.75) is 50.7 Å². The van der Waals surface area contributed by atoms with E-state index in [1.807, 2.05) is 37.6 Å². The van der Waals surface area contributed by atoms with Crippen LogP contribution in [0.25, 0.3) is 11.2 Å². The van der Waals surface area contributed by atoms with Gasteiger partial charge in [0, 0.05) is 31.2 Å². The number of benzene rings is 1. The molecule has 5 rings (SSSR count). The molecular weight excluding hydrogens is 500 g/mol. The minimum atomic E-state index is -0.748. The van der Waals surface area contributed by atoms with Crippen LogP contribution in [0.1, 0.15) is 25.6 Å². The molecule has 4 heterocycles. The predicted molar refractivity (Wildman–Crippen MR) is 137 cm³/mol. The number of anilines is 1. The van der Waals surface area contributed by atoms with E-state index in [0.29, 0.717) is 48.2 Å². The maximum atomic E-state index is 12.2. The molecule has 0 spiro atoms. The number of nitrogens with one attached hydrogen (secondary N) is 2. The second-order valence-corrected chi connectivity index (χ2v) is 10.1. The molecule has 4 atom stereocenters. The van der Waals surface area contributed by atoms with E-state index in [1.165, 1.54) is 6.33 Å². The van der Waals surface area contributed by atoms with Gasteiger partial charge in [0.15, 0.2) is 23.5 Å². The van der Waals surface area contributed by atoms with Gasteiger partial charge in [-0.05, 0) is 38.6 Å². The molecule has 0 bridgehead atoms. The third-order valence-electron chi connectivity index (χ3n) is 6.42. The van der Waals surface area contributed by atoms with Gasteiger partial charge in [-0.3, -0.25) is 4.57 Å². The SMILES string of the molecule is CN(CCNC(=O)NCc1ccc(Cl)cc1)CC1OC(n2cnc3c(N)ncnc32)C2OC(C)(C)OC12. The van der Waals surface area contributed by atoms with Crippen LogP contribution in [0.2, 0.25) is 5.02 Å². The highest BCUT2D eigenvalue weighted by Gasteiger charge is 2.56. The van der Waals surface area contributed by atoms with E-state index in [2.05, 4.69) is 30.5 Å². The number of carbonyl (C=O) groups excluding carboxylic acids is 1. The van der Waals surface area contributed by atoms with Gasteiger partial charge in [0.2, 0.25) is 0 Å². The van der Waals surface area contributed by atoms with E-state index in [0.717, 1.165) is 5.56 Å². The van der Waals surface area contributed by atoms with Crippen LogP contribution in [0, 0.1) is 0 Å². The molecule has 4 unspecified atom stereocenters. The number of aromatic nitrogens is 4. The van der Waals surface area contributed by atoms with Crippen LogP contribution in [-0.4, -0.2) is 81.2 Å². The summed E-state index contributed by atoms with van der Waals surface area (Å²) in [6, 6.07) is 7.11. The largest absolute Gasteiger partial charge is 0.382 e. The third kappa shape index (κ3) is 5.63. The molecule has 2 aromatic heterocycles. The molecule has 2 amide bonds. The number of fused-ring (bicyclic) bond motifs is 2. The fraction of sp³-hybridized carbons (Fsp3) is 0.500. The number of nitrogen functional groups attached to an aromatic ring is 1. The number of ether oxygens (including phenoxy) is 3. The molecule has 0 aliphatic carbocycles. The number of halogens is 1. The highest BCUT2D eigenvalue weighted by molar-refractivity contribution is 6.30. The van der Waals surface area contributed by atoms with E-state index < -0.39 is 12.0 Å². The smallest absolute Gasteiger partial charge is 0.315 e. The Kier molecular flexibility index (Phi) is 7.19. The van der Waals surface area contributed by atoms with E-state index in [-0.39, 0.29) is 24.3 Å². The monoisotopic (exact) mass is 530 g/mol. The topological polar surface area (TPSA) is 142 Å². The van der Waals surface area contributed by atoms with Crippen molar-refractivity contribution in [1.29, 1.82) is 0 Å². The van der Waals surface area contributed by atoms with Crippen molar-refractivity contribution in [3.05, 3.63) is 47.5 Å². The molecule has 2 saturated heterocycles. The van der Waals surface area contributed by atoms with Gasteiger partial charge >= 0.3 is 6.03 Å². The number of likely N-dealkylation sites (N-methyl/N-ethyl adjacent to an activating group) is 1. The summed E-state index contributed by atoms with van der Waals surface area (Å²) in [7, 11) is 1.97. The molecule has 4 N–H and O–H groups in total. The van der Waals surface area contributed by atoms with Crippen molar-refractivity contribution in [1.82, 2.24) is 35.1 Å². The minimum Gasteiger partial charge on any atom is -0.382 e. The van der Waals surface area contributed by atoms with Crippen molar-refractivity contribution in [2.75, 3.05) is 32.4 Å². The Labute approximate surface area is 219 Å². The highest BCUT2D eigenvalue weighted by atomic mass is 35.5. The summed E-state index contributed by atoms with van der Waals surface area (Å²) in [4.78, 5) is 27.0. The first-order valence-corrected chi connectivity index (χ1v) is 12.5. The Morgan fingerprint density at radius 3 is 2.70 bits per heavy atom. The van der Waals surface area contributed by atoms with Crippen LogP contribution in [-0.2, 0) is 20.8 Å². The lowest BCUT2D eigenvalue weighted by Crippen LogP contribution is -2.43. The van der Waals surface area contributed by atoms with Crippen LogP contribution in [0.5, 0.6) is 0 Å². The lowest BCUT2D eigenvalue weighted by molar-refractivity contribution is -0.197. The molecule has 0 radical (unpaired) electrons. The van der Waals surface area contributed by atoms with Gasteiger partial charge in [-0.2, -0.15) is 0 Å². The number of nitrogens with two attached hydrogens (primary N) is 1. The second-order valence-electron chi connectivity index (χ2n) is 9.71. The van der Waals surface area contributed by atoms with Crippen molar-refractivity contribution in [3.8, 4) is 0 Å². The molecule has 0 saturated carbocycles. The minimum absolute atomic E-state index is 0.233. The van der Waals surface area contributed by atoms with Crippen LogP contribution in [0.4, 0.5) is 10.6 Å². The van der Waals surface area contributed by atoms with Gasteiger partial charge in [0.05, 0.1) is 6.33 Å². The van der Waals surface area contributed by atoms with E-state index in [1.54, 1.807) is 18.5 Å². The first-order chi connectivity index (χ1) is 17.7. The highest BCUT2D eigenvalue weighted by Crippen LogP contribution is 2.44. The van der Waals surface area contributed by atoms with Gasteiger partial charge < -0.3 is 35.5 Å². The second kappa shape index (κ2) is 10.4. The zero-order valence-electron chi connectivity index (χ0n) is 20.9. The Morgan fingerprint density at radius 2 is 1.92 bits per heavy atom. The van der Waals surface area contributed by atoms with Gasteiger partial charge in [0.1, 0.15) is 30.2 Å². The molecule has 2 fully saturated rings. The van der Waals surface area contributed by atoms with Gasteiger partial charge in [0.25, 0.3) is 0 Å². The molecule has 2 aliphatic rings. The lowest BCUT2D eigenvalue weighted by Gasteiger charge is -2.27. The Morgan fingerprint density at radius 1 is 1.16 bits per heavy atom. The first-order valence-electron chi connectivity index (χ1n) is 12.1. The summed E-state index contributed by atoms with van der Waals surface area (Å²) in [6.45, 7) is 5.88. The predicted octanol–water partition coefficient (Wildman–Crippen LogP) is 1.91. The van der Waals surface area contributed by atoms with Crippen LogP contribution >= 0.6 is 11.6 Å². The van der Waals surface area contributed by atoms with Gasteiger partial charge in [-0.15, -0.1) is 0 Å². The van der Waals surface area contributed by atoms with Crippen molar-refractivity contribution in [2.24, 2.45) is 0 Å². The zero-order chi connectivity index (χ0) is 26.2. The zero-order valence-corrected chi connectivity index (χ0v) is 21.7. The van der Waals surface area contributed by atoms with Crippen molar-refractivity contribution >= 4 is 34.6 Å². The standard InChI is InChI=1S/C24H31ClN8O4/c1-24(2)36-18-16(11-32(3)9-8-27-23(34)28-10-14-4-6-15(25)7-5-14)35-22(19(18)37-24)33-13-31-17-20(26)29-12-30-21(17)33/h4-7,12-13,16,18-19,22H,8-11H2,1-3H3,(H2,26,29,30)(H2,27,28,34). The van der Waals surface area contributed by atoms with E-state index in [4.69, 9.17) is 31.5 Å². The molecule has 37 heavy (non-hydrogen) atoms. The summed E-state index contributed by atoms with van der Waals surface area (Å²) in [5.74, 6) is -0.439. The molecular formula is C24H31ClN8O4. The maximum absolute atomic E-state index is 12.2. The number of amides is 2. The number of urea groups is 1. The van der Waals surface area contributed by atoms with Gasteiger partial charge in [-0.1, -0.05) is 23.7 Å². The Balaban J connectivity index is 1.16. The van der Waals surface area contributed by atoms with Crippen molar-refractivity contribution < 1.29 is 19.0 Å². The molecule has 198 valence electrons. The van der Waals surface area contributed by atoms with E-state index in [9.17, 15) is 4.79 Å². The number of hydrogen-bond acceptors (Lipinski definition) is 9. The summed E-state index contributed by atoms with van der Waals surface area (Å²) in [5.41, 5.74) is 8.03. The molecule has 13 heteroatoms. The van der Waals surface area contributed by atoms with Crippen LogP contribution in [0.15, 0.2) is 36.9 Å². The number of nitrogens with zero attached hydrogens (tertiary/aromatic N) is 5. The number of carbonyl (C=O) groups is 1. The summed E-state index contributed by atoms with van der Waals surface area (Å²) < 4.78 is 20.7. The lowest BCUT2D eigenvalue weighted by atomic mass is 10.1.